The average molecular weight is 400 g/mol. The van der Waals surface area contributed by atoms with E-state index in [-0.39, 0.29) is 35.5 Å². The van der Waals surface area contributed by atoms with Gasteiger partial charge >= 0.3 is 0 Å². The quantitative estimate of drug-likeness (QED) is 0.816. The Hall–Kier alpha value is -2.11. The van der Waals surface area contributed by atoms with Crippen molar-refractivity contribution >= 4 is 18.3 Å². The van der Waals surface area contributed by atoms with E-state index in [2.05, 4.69) is 22.8 Å². The molecule has 6 heteroatoms. The molecule has 2 bridgehead atoms. The highest BCUT2D eigenvalue weighted by Crippen LogP contribution is 2.32. The lowest BCUT2D eigenvalue weighted by Crippen LogP contribution is -2.46. The molecule has 1 amide bonds. The molecule has 1 aromatic heterocycles. The van der Waals surface area contributed by atoms with Crippen molar-refractivity contribution in [3.05, 3.63) is 69.1 Å². The minimum Gasteiger partial charge on any atom is -0.345 e. The second-order valence-electron chi connectivity index (χ2n) is 8.16. The molecule has 2 aliphatic heterocycles. The van der Waals surface area contributed by atoms with Gasteiger partial charge in [-0.15, -0.1) is 12.4 Å². The Morgan fingerprint density at radius 3 is 2.89 bits per heavy atom. The summed E-state index contributed by atoms with van der Waals surface area (Å²) in [7, 11) is 0. The van der Waals surface area contributed by atoms with Gasteiger partial charge in [-0.05, 0) is 61.4 Å². The molecule has 0 spiro atoms. The monoisotopic (exact) mass is 399 g/mol. The van der Waals surface area contributed by atoms with Gasteiger partial charge in [0.2, 0.25) is 0 Å². The summed E-state index contributed by atoms with van der Waals surface area (Å²) < 4.78 is 1.85. The smallest absolute Gasteiger partial charge is 0.263 e. The number of carbonyl (C=O) groups is 1. The maximum Gasteiger partial charge on any atom is 0.263 e. The molecule has 0 radical (unpaired) electrons. The zero-order valence-corrected chi connectivity index (χ0v) is 16.6. The van der Waals surface area contributed by atoms with Gasteiger partial charge in [-0.3, -0.25) is 9.59 Å². The van der Waals surface area contributed by atoms with Crippen LogP contribution in [0.3, 0.4) is 0 Å². The van der Waals surface area contributed by atoms with Crippen LogP contribution < -0.4 is 16.2 Å². The number of hydrogen-bond acceptors (Lipinski definition) is 3. The molecule has 1 saturated heterocycles. The molecule has 1 aromatic carbocycles. The number of rotatable bonds is 2. The number of fused-ring (bicyclic) bond motifs is 5. The molecule has 148 valence electrons. The van der Waals surface area contributed by atoms with Crippen molar-refractivity contribution in [2.75, 3.05) is 13.1 Å². The number of carbonyl (C=O) groups excluding carboxylic acids is 1. The lowest BCUT2D eigenvalue weighted by molar-refractivity contribution is 0.0930. The van der Waals surface area contributed by atoms with E-state index in [1.165, 1.54) is 11.1 Å². The predicted molar refractivity (Wildman–Crippen MR) is 111 cm³/mol. The summed E-state index contributed by atoms with van der Waals surface area (Å²) in [6.45, 7) is 2.59. The first-order chi connectivity index (χ1) is 13.2. The number of pyridine rings is 1. The maximum atomic E-state index is 13.1. The molecule has 3 heterocycles. The number of nitrogens with zero attached hydrogens (tertiary/aromatic N) is 1. The highest BCUT2D eigenvalue weighted by atomic mass is 35.5. The van der Waals surface area contributed by atoms with Gasteiger partial charge in [0, 0.05) is 24.7 Å². The molecule has 5 nitrogen and oxygen atoms in total. The topological polar surface area (TPSA) is 63.1 Å². The molecule has 3 atom stereocenters. The number of aryl methyl sites for hydroxylation is 1. The predicted octanol–water partition coefficient (Wildman–Crippen LogP) is 2.78. The van der Waals surface area contributed by atoms with E-state index < -0.39 is 0 Å². The van der Waals surface area contributed by atoms with Crippen LogP contribution in [-0.4, -0.2) is 23.6 Å². The van der Waals surface area contributed by atoms with Crippen LogP contribution in [-0.2, 0) is 13.0 Å². The molecule has 2 N–H and O–H groups in total. The van der Waals surface area contributed by atoms with Crippen LogP contribution in [0.25, 0.3) is 0 Å². The number of halogens is 1. The molecule has 0 saturated carbocycles. The lowest BCUT2D eigenvalue weighted by Gasteiger charge is -2.37. The van der Waals surface area contributed by atoms with Gasteiger partial charge in [0.1, 0.15) is 5.56 Å². The zero-order chi connectivity index (χ0) is 18.4. The van der Waals surface area contributed by atoms with Crippen LogP contribution in [0.1, 0.15) is 58.4 Å². The highest BCUT2D eigenvalue weighted by molar-refractivity contribution is 5.94. The van der Waals surface area contributed by atoms with E-state index in [0.29, 0.717) is 18.4 Å². The van der Waals surface area contributed by atoms with Gasteiger partial charge < -0.3 is 15.2 Å². The number of amides is 1. The Balaban J connectivity index is 0.00000192. The molecule has 1 aliphatic carbocycles. The van der Waals surface area contributed by atoms with Crippen LogP contribution >= 0.6 is 12.4 Å². The van der Waals surface area contributed by atoms with Gasteiger partial charge in [0.25, 0.3) is 11.5 Å². The Labute approximate surface area is 170 Å². The van der Waals surface area contributed by atoms with Crippen LogP contribution in [0.5, 0.6) is 0 Å². The van der Waals surface area contributed by atoms with E-state index in [1.807, 2.05) is 22.8 Å². The zero-order valence-electron chi connectivity index (χ0n) is 15.8. The van der Waals surface area contributed by atoms with Crippen molar-refractivity contribution in [2.45, 2.75) is 44.2 Å². The third-order valence-electron chi connectivity index (χ3n) is 6.43. The van der Waals surface area contributed by atoms with E-state index in [9.17, 15) is 9.59 Å². The molecule has 0 unspecified atom stereocenters. The summed E-state index contributed by atoms with van der Waals surface area (Å²) in [4.78, 5) is 26.0. The van der Waals surface area contributed by atoms with Gasteiger partial charge in [0.05, 0.1) is 6.04 Å². The number of aromatic nitrogens is 1. The lowest BCUT2D eigenvalue weighted by atomic mass is 9.84. The molecule has 5 rings (SSSR count). The summed E-state index contributed by atoms with van der Waals surface area (Å²) in [5.41, 5.74) is 3.70. The van der Waals surface area contributed by atoms with Crippen LogP contribution in [0.4, 0.5) is 0 Å². The number of nitrogens with one attached hydrogen (secondary N) is 2. The molecule has 28 heavy (non-hydrogen) atoms. The third-order valence-corrected chi connectivity index (χ3v) is 6.43. The Morgan fingerprint density at radius 2 is 2.00 bits per heavy atom. The van der Waals surface area contributed by atoms with Crippen molar-refractivity contribution in [1.29, 1.82) is 0 Å². The van der Waals surface area contributed by atoms with Crippen LogP contribution in [0.15, 0.2) is 41.2 Å². The van der Waals surface area contributed by atoms with E-state index in [4.69, 9.17) is 0 Å². The standard InChI is InChI=1S/C22H25N3O2.ClH/c26-21(24-19-7-3-5-15-4-1-2-6-17(15)19)18-8-9-20-16-10-14(11-23-12-16)13-25(20)22(18)27;/h1-2,4,6,8-9,14,16,19,23H,3,5,7,10-13H2,(H,24,26);1H/t14-,16+,19-;/m0./s1. The summed E-state index contributed by atoms with van der Waals surface area (Å²) in [5, 5.41) is 6.58. The second kappa shape index (κ2) is 7.72. The number of hydrogen-bond donors (Lipinski definition) is 2. The summed E-state index contributed by atoms with van der Waals surface area (Å²) >= 11 is 0. The fraction of sp³-hybridized carbons (Fsp3) is 0.455. The molecular weight excluding hydrogens is 374 g/mol. The Morgan fingerprint density at radius 1 is 1.14 bits per heavy atom. The number of piperidine rings is 1. The van der Waals surface area contributed by atoms with Gasteiger partial charge in [-0.2, -0.15) is 0 Å². The van der Waals surface area contributed by atoms with Crippen LogP contribution in [0.2, 0.25) is 0 Å². The Bertz CT molecular complexity index is 955. The van der Waals surface area contributed by atoms with Crippen molar-refractivity contribution < 1.29 is 4.79 Å². The van der Waals surface area contributed by atoms with Gasteiger partial charge in [0.15, 0.2) is 0 Å². The van der Waals surface area contributed by atoms with Crippen molar-refractivity contribution in [3.63, 3.8) is 0 Å². The van der Waals surface area contributed by atoms with Gasteiger partial charge in [-0.1, -0.05) is 24.3 Å². The Kier molecular flexibility index (Phi) is 5.30. The SMILES string of the molecule is Cl.O=C(N[C@H]1CCCc2ccccc21)c1ccc2n(c1=O)C[C@@H]1CNC[C@H]2C1. The largest absolute Gasteiger partial charge is 0.345 e. The third kappa shape index (κ3) is 3.27. The minimum absolute atomic E-state index is 0. The molecule has 1 fully saturated rings. The van der Waals surface area contributed by atoms with Crippen LogP contribution in [0, 0.1) is 5.92 Å². The van der Waals surface area contributed by atoms with E-state index in [1.54, 1.807) is 6.07 Å². The maximum absolute atomic E-state index is 13.1. The normalized spacial score (nSPS) is 25.1. The van der Waals surface area contributed by atoms with Crippen molar-refractivity contribution in [2.24, 2.45) is 5.92 Å². The molecular formula is C22H26ClN3O2. The molecule has 3 aliphatic rings. The van der Waals surface area contributed by atoms with E-state index >= 15 is 0 Å². The highest BCUT2D eigenvalue weighted by Gasteiger charge is 2.32. The summed E-state index contributed by atoms with van der Waals surface area (Å²) in [5.74, 6) is 0.621. The summed E-state index contributed by atoms with van der Waals surface area (Å²) in [6.07, 6.45) is 4.17. The second-order valence-corrected chi connectivity index (χ2v) is 8.16. The first-order valence-electron chi connectivity index (χ1n) is 10.0. The van der Waals surface area contributed by atoms with Crippen molar-refractivity contribution in [1.82, 2.24) is 15.2 Å². The average Bonchev–Trinajstić information content (AvgIpc) is 2.69. The molecule has 2 aromatic rings. The van der Waals surface area contributed by atoms with E-state index in [0.717, 1.165) is 44.5 Å². The van der Waals surface area contributed by atoms with Crippen molar-refractivity contribution in [3.8, 4) is 0 Å². The fourth-order valence-electron chi connectivity index (χ4n) is 5.10. The van der Waals surface area contributed by atoms with Gasteiger partial charge in [-0.25, -0.2) is 0 Å². The number of benzene rings is 1. The minimum atomic E-state index is -0.245. The first-order valence-corrected chi connectivity index (χ1v) is 10.0. The summed E-state index contributed by atoms with van der Waals surface area (Å²) in [6, 6.07) is 12.0. The fourth-order valence-corrected chi connectivity index (χ4v) is 5.10. The first kappa shape index (κ1) is 19.2.